The van der Waals surface area contributed by atoms with Gasteiger partial charge in [0.2, 0.25) is 0 Å². The van der Waals surface area contributed by atoms with Crippen molar-refractivity contribution in [3.63, 3.8) is 0 Å². The van der Waals surface area contributed by atoms with Crippen LogP contribution in [-0.2, 0) is 9.59 Å². The molecule has 0 aliphatic heterocycles. The molecule has 0 spiro atoms. The smallest absolute Gasteiger partial charge is 0.306 e. The van der Waals surface area contributed by atoms with Crippen molar-refractivity contribution < 1.29 is 19.8 Å². The molecule has 0 atom stereocenters. The number of primary amides is 2. The molecule has 0 bridgehead atoms. The molecule has 0 unspecified atom stereocenters. The standard InChI is InChI=1S/C4H10O2.C2H4N2O2/c1-2-3-4(5)6;3-1(5)2(4)6/h4-6H,2-3H2,1H3;(H2,3,5)(H2,4,6). The number of carbonyl (C=O) groups excluding carboxylic acids is 2. The highest BCUT2D eigenvalue weighted by molar-refractivity contribution is 6.33. The highest BCUT2D eigenvalue weighted by Crippen LogP contribution is 1.88. The Balaban J connectivity index is 0. The summed E-state index contributed by atoms with van der Waals surface area (Å²) in [6.07, 6.45) is 0.215. The molecule has 0 fully saturated rings. The molecule has 0 saturated carbocycles. The molecule has 2 amide bonds. The van der Waals surface area contributed by atoms with E-state index in [2.05, 4.69) is 11.5 Å². The van der Waals surface area contributed by atoms with Crippen LogP contribution in [0.5, 0.6) is 0 Å². The maximum Gasteiger partial charge on any atom is 0.306 e. The van der Waals surface area contributed by atoms with Gasteiger partial charge in [0.1, 0.15) is 0 Å². The van der Waals surface area contributed by atoms with Crippen molar-refractivity contribution in [1.82, 2.24) is 0 Å². The zero-order valence-electron chi connectivity index (χ0n) is 6.86. The first-order valence-corrected chi connectivity index (χ1v) is 3.37. The second-order valence-corrected chi connectivity index (χ2v) is 2.00. The Labute approximate surface area is 70.2 Å². The fourth-order valence-electron chi connectivity index (χ4n) is 0.258. The lowest BCUT2D eigenvalue weighted by atomic mass is 10.3. The third-order valence-corrected chi connectivity index (χ3v) is 0.790. The quantitative estimate of drug-likeness (QED) is 0.289. The summed E-state index contributed by atoms with van der Waals surface area (Å²) in [6, 6.07) is 0. The van der Waals surface area contributed by atoms with E-state index in [-0.39, 0.29) is 0 Å². The summed E-state index contributed by atoms with van der Waals surface area (Å²) >= 11 is 0. The minimum absolute atomic E-state index is 0.486. The molecular formula is C6H14N2O4. The minimum Gasteiger partial charge on any atom is -0.368 e. The van der Waals surface area contributed by atoms with E-state index in [1.807, 2.05) is 6.92 Å². The van der Waals surface area contributed by atoms with Gasteiger partial charge in [-0.2, -0.15) is 0 Å². The predicted octanol–water partition coefficient (Wildman–Crippen LogP) is -1.95. The van der Waals surface area contributed by atoms with Crippen LogP contribution < -0.4 is 11.5 Å². The molecular weight excluding hydrogens is 164 g/mol. The van der Waals surface area contributed by atoms with Gasteiger partial charge < -0.3 is 21.7 Å². The Bertz CT molecular complexity index is 134. The summed E-state index contributed by atoms with van der Waals surface area (Å²) in [5.74, 6) is -2.20. The Morgan fingerprint density at radius 3 is 1.58 bits per heavy atom. The van der Waals surface area contributed by atoms with Gasteiger partial charge in [-0.15, -0.1) is 0 Å². The molecule has 6 nitrogen and oxygen atoms in total. The van der Waals surface area contributed by atoms with Gasteiger partial charge in [-0.05, 0) is 6.42 Å². The molecule has 6 N–H and O–H groups in total. The highest BCUT2D eigenvalue weighted by atomic mass is 16.5. The monoisotopic (exact) mass is 178 g/mol. The summed E-state index contributed by atoms with van der Waals surface area (Å²) in [6.45, 7) is 1.90. The van der Waals surface area contributed by atoms with Crippen LogP contribution >= 0.6 is 0 Å². The Kier molecular flexibility index (Phi) is 8.92. The maximum absolute atomic E-state index is 9.45. The van der Waals surface area contributed by atoms with E-state index < -0.39 is 18.1 Å². The van der Waals surface area contributed by atoms with Crippen molar-refractivity contribution in [2.24, 2.45) is 11.5 Å². The van der Waals surface area contributed by atoms with Crippen LogP contribution in [0.3, 0.4) is 0 Å². The Morgan fingerprint density at radius 2 is 1.58 bits per heavy atom. The number of rotatable bonds is 2. The van der Waals surface area contributed by atoms with Crippen molar-refractivity contribution in [1.29, 1.82) is 0 Å². The Hall–Kier alpha value is -1.14. The van der Waals surface area contributed by atoms with E-state index in [1.54, 1.807) is 0 Å². The average Bonchev–Trinajstić information content (AvgIpc) is 1.87. The molecule has 0 aliphatic rings. The van der Waals surface area contributed by atoms with Gasteiger partial charge >= 0.3 is 11.8 Å². The summed E-state index contributed by atoms with van der Waals surface area (Å²) in [5, 5.41) is 16.2. The summed E-state index contributed by atoms with van der Waals surface area (Å²) in [7, 11) is 0. The van der Waals surface area contributed by atoms with Crippen molar-refractivity contribution in [3.05, 3.63) is 0 Å². The molecule has 0 aromatic carbocycles. The highest BCUT2D eigenvalue weighted by Gasteiger charge is 1.96. The third-order valence-electron chi connectivity index (χ3n) is 0.790. The van der Waals surface area contributed by atoms with E-state index >= 15 is 0 Å². The lowest BCUT2D eigenvalue weighted by Crippen LogP contribution is -2.29. The van der Waals surface area contributed by atoms with Crippen LogP contribution in [-0.4, -0.2) is 28.3 Å². The number of aliphatic hydroxyl groups is 2. The molecule has 0 aromatic heterocycles. The summed E-state index contributed by atoms with van der Waals surface area (Å²) in [4.78, 5) is 18.9. The number of hydrogen-bond donors (Lipinski definition) is 4. The number of carbonyl (C=O) groups is 2. The average molecular weight is 178 g/mol. The van der Waals surface area contributed by atoms with E-state index in [0.717, 1.165) is 6.42 Å². The minimum atomic E-state index is -1.10. The van der Waals surface area contributed by atoms with E-state index in [4.69, 9.17) is 10.2 Å². The molecule has 0 radical (unpaired) electrons. The fraction of sp³-hybridized carbons (Fsp3) is 0.667. The van der Waals surface area contributed by atoms with Crippen LogP contribution in [0, 0.1) is 0 Å². The molecule has 72 valence electrons. The zero-order chi connectivity index (χ0) is 10.1. The normalized spacial score (nSPS) is 8.67. The van der Waals surface area contributed by atoms with Crippen LogP contribution in [0.1, 0.15) is 19.8 Å². The predicted molar refractivity (Wildman–Crippen MR) is 41.5 cm³/mol. The van der Waals surface area contributed by atoms with Crippen LogP contribution in [0.4, 0.5) is 0 Å². The van der Waals surface area contributed by atoms with Crippen LogP contribution in [0.15, 0.2) is 0 Å². The lowest BCUT2D eigenvalue weighted by Gasteiger charge is -1.94. The number of hydrogen-bond acceptors (Lipinski definition) is 4. The lowest BCUT2D eigenvalue weighted by molar-refractivity contribution is -0.135. The third kappa shape index (κ3) is 15.9. The number of nitrogens with two attached hydrogens (primary N) is 2. The van der Waals surface area contributed by atoms with Gasteiger partial charge in [0.05, 0.1) is 0 Å². The second kappa shape index (κ2) is 7.96. The van der Waals surface area contributed by atoms with Crippen molar-refractivity contribution in [3.8, 4) is 0 Å². The van der Waals surface area contributed by atoms with Crippen molar-refractivity contribution >= 4 is 11.8 Å². The molecule has 0 aromatic rings. The zero-order valence-corrected chi connectivity index (χ0v) is 6.86. The first-order chi connectivity index (χ1) is 5.41. The van der Waals surface area contributed by atoms with Crippen molar-refractivity contribution in [2.45, 2.75) is 26.1 Å². The molecule has 0 heterocycles. The molecule has 0 rings (SSSR count). The van der Waals surface area contributed by atoms with Gasteiger partial charge in [-0.1, -0.05) is 13.3 Å². The molecule has 0 saturated heterocycles. The largest absolute Gasteiger partial charge is 0.368 e. The van der Waals surface area contributed by atoms with Gasteiger partial charge in [0.25, 0.3) is 0 Å². The summed E-state index contributed by atoms with van der Waals surface area (Å²) < 4.78 is 0. The van der Waals surface area contributed by atoms with Crippen molar-refractivity contribution in [2.75, 3.05) is 0 Å². The number of aliphatic hydroxyl groups excluding tert-OH is 1. The Morgan fingerprint density at radius 1 is 1.25 bits per heavy atom. The van der Waals surface area contributed by atoms with Gasteiger partial charge in [0, 0.05) is 0 Å². The molecule has 0 aliphatic carbocycles. The van der Waals surface area contributed by atoms with Gasteiger partial charge in [-0.25, -0.2) is 0 Å². The molecule has 6 heteroatoms. The van der Waals surface area contributed by atoms with E-state index in [1.165, 1.54) is 0 Å². The summed E-state index contributed by atoms with van der Waals surface area (Å²) in [5.41, 5.74) is 8.64. The SMILES string of the molecule is CCCC(O)O.NC(=O)C(N)=O. The maximum atomic E-state index is 9.45. The van der Waals surface area contributed by atoms with E-state index in [9.17, 15) is 9.59 Å². The first-order valence-electron chi connectivity index (χ1n) is 3.37. The van der Waals surface area contributed by atoms with Crippen LogP contribution in [0.25, 0.3) is 0 Å². The van der Waals surface area contributed by atoms with Gasteiger partial charge in [-0.3, -0.25) is 9.59 Å². The van der Waals surface area contributed by atoms with Crippen LogP contribution in [0.2, 0.25) is 0 Å². The van der Waals surface area contributed by atoms with E-state index in [0.29, 0.717) is 6.42 Å². The molecule has 12 heavy (non-hydrogen) atoms. The first kappa shape index (κ1) is 13.4. The number of amides is 2. The van der Waals surface area contributed by atoms with Gasteiger partial charge in [0.15, 0.2) is 6.29 Å². The second-order valence-electron chi connectivity index (χ2n) is 2.00. The fourth-order valence-corrected chi connectivity index (χ4v) is 0.258. The topological polar surface area (TPSA) is 127 Å².